The normalized spacial score (nSPS) is 17.5. The lowest BCUT2D eigenvalue weighted by Crippen LogP contribution is -2.56. The van der Waals surface area contributed by atoms with Gasteiger partial charge in [-0.25, -0.2) is 0 Å². The lowest BCUT2D eigenvalue weighted by atomic mass is 9.95. The van der Waals surface area contributed by atoms with Crippen LogP contribution in [0.4, 0.5) is 0 Å². The molecule has 0 radical (unpaired) electrons. The number of amides is 2. The van der Waals surface area contributed by atoms with Crippen LogP contribution >= 0.6 is 0 Å². The molecule has 128 valence electrons. The van der Waals surface area contributed by atoms with Gasteiger partial charge >= 0.3 is 0 Å². The molecule has 1 saturated heterocycles. The summed E-state index contributed by atoms with van der Waals surface area (Å²) in [5.74, 6) is 0.289. The second-order valence-electron chi connectivity index (χ2n) is 7.90. The van der Waals surface area contributed by atoms with Crippen molar-refractivity contribution < 1.29 is 9.59 Å². The van der Waals surface area contributed by atoms with Gasteiger partial charge in [0.15, 0.2) is 0 Å². The van der Waals surface area contributed by atoms with Gasteiger partial charge in [0, 0.05) is 57.6 Å². The van der Waals surface area contributed by atoms with Crippen LogP contribution in [0.2, 0.25) is 0 Å². The second-order valence-corrected chi connectivity index (χ2v) is 7.90. The Morgan fingerprint density at radius 1 is 0.955 bits per heavy atom. The zero-order valence-electron chi connectivity index (χ0n) is 15.4. The van der Waals surface area contributed by atoms with Gasteiger partial charge in [-0.2, -0.15) is 0 Å². The quantitative estimate of drug-likeness (QED) is 0.797. The van der Waals surface area contributed by atoms with Crippen LogP contribution in [0.25, 0.3) is 0 Å². The van der Waals surface area contributed by atoms with E-state index in [0.717, 1.165) is 39.1 Å². The summed E-state index contributed by atoms with van der Waals surface area (Å²) in [5.41, 5.74) is -0.114. The molecule has 22 heavy (non-hydrogen) atoms. The van der Waals surface area contributed by atoms with Gasteiger partial charge in [0.25, 0.3) is 0 Å². The minimum Gasteiger partial charge on any atom is -0.340 e. The van der Waals surface area contributed by atoms with Crippen LogP contribution in [0.1, 0.15) is 54.9 Å². The largest absolute Gasteiger partial charge is 0.340 e. The average molecular weight is 311 g/mol. The van der Waals surface area contributed by atoms with E-state index in [0.29, 0.717) is 0 Å². The zero-order chi connectivity index (χ0) is 17.1. The molecule has 0 saturated carbocycles. The molecule has 0 bridgehead atoms. The van der Waals surface area contributed by atoms with Crippen molar-refractivity contribution in [3.05, 3.63) is 0 Å². The fraction of sp³-hybridized carbons (Fsp3) is 0.882. The van der Waals surface area contributed by atoms with Crippen LogP contribution < -0.4 is 0 Å². The van der Waals surface area contributed by atoms with Crippen molar-refractivity contribution >= 4 is 11.8 Å². The topological polar surface area (TPSA) is 43.9 Å². The second kappa shape index (κ2) is 6.99. The first-order valence-electron chi connectivity index (χ1n) is 8.24. The fourth-order valence-electron chi connectivity index (χ4n) is 3.14. The Kier molecular flexibility index (Phi) is 6.02. The van der Waals surface area contributed by atoms with Crippen molar-refractivity contribution in [3.8, 4) is 0 Å². The van der Waals surface area contributed by atoms with E-state index in [2.05, 4.69) is 39.5 Å². The molecule has 0 aromatic carbocycles. The number of carbonyl (C=O) groups is 2. The molecule has 0 N–H and O–H groups in total. The number of rotatable bonds is 4. The monoisotopic (exact) mass is 311 g/mol. The highest BCUT2D eigenvalue weighted by Crippen LogP contribution is 2.23. The fourth-order valence-corrected chi connectivity index (χ4v) is 3.14. The lowest BCUT2D eigenvalue weighted by molar-refractivity contribution is -0.135. The molecule has 1 fully saturated rings. The highest BCUT2D eigenvalue weighted by molar-refractivity contribution is 5.74. The molecule has 0 unspecified atom stereocenters. The van der Waals surface area contributed by atoms with Crippen LogP contribution in [0.3, 0.4) is 0 Å². The van der Waals surface area contributed by atoms with E-state index in [1.807, 2.05) is 9.80 Å². The first kappa shape index (κ1) is 18.9. The molecule has 0 aliphatic carbocycles. The number of nitrogens with zero attached hydrogens (tertiary/aromatic N) is 3. The third kappa shape index (κ3) is 4.97. The summed E-state index contributed by atoms with van der Waals surface area (Å²) in [6.07, 6.45) is 0.934. The molecule has 5 heteroatoms. The van der Waals surface area contributed by atoms with Crippen molar-refractivity contribution in [3.63, 3.8) is 0 Å². The molecular weight excluding hydrogens is 278 g/mol. The number of hydrogen-bond acceptors (Lipinski definition) is 3. The van der Waals surface area contributed by atoms with E-state index in [-0.39, 0.29) is 22.9 Å². The Labute approximate surface area is 135 Å². The smallest absolute Gasteiger partial charge is 0.219 e. The maximum absolute atomic E-state index is 11.9. The van der Waals surface area contributed by atoms with Gasteiger partial charge in [-0.15, -0.1) is 0 Å². The maximum atomic E-state index is 11.9. The van der Waals surface area contributed by atoms with Gasteiger partial charge in [-0.1, -0.05) is 0 Å². The SMILES string of the molecule is CC(=O)N1CCN(C(C)(C)CCN(C(C)=O)C(C)(C)C)CC1. The molecule has 0 atom stereocenters. The highest BCUT2D eigenvalue weighted by Gasteiger charge is 2.32. The summed E-state index contributed by atoms with van der Waals surface area (Å²) < 4.78 is 0. The number of carbonyl (C=O) groups excluding carboxylic acids is 2. The summed E-state index contributed by atoms with van der Waals surface area (Å²) in [6.45, 7) is 18.1. The van der Waals surface area contributed by atoms with E-state index in [4.69, 9.17) is 0 Å². The molecule has 1 rings (SSSR count). The van der Waals surface area contributed by atoms with Gasteiger partial charge in [-0.05, 0) is 41.0 Å². The molecular formula is C17H33N3O2. The summed E-state index contributed by atoms with van der Waals surface area (Å²) in [5, 5.41) is 0. The summed E-state index contributed by atoms with van der Waals surface area (Å²) >= 11 is 0. The van der Waals surface area contributed by atoms with Gasteiger partial charge < -0.3 is 9.80 Å². The number of piperazine rings is 1. The highest BCUT2D eigenvalue weighted by atomic mass is 16.2. The molecule has 2 amide bonds. The molecule has 1 aliphatic rings. The summed E-state index contributed by atoms with van der Waals surface area (Å²) in [4.78, 5) is 29.6. The third-order valence-corrected chi connectivity index (χ3v) is 4.72. The number of hydrogen-bond donors (Lipinski definition) is 0. The summed E-state index contributed by atoms with van der Waals surface area (Å²) in [7, 11) is 0. The Balaban J connectivity index is 2.60. The van der Waals surface area contributed by atoms with Gasteiger partial charge in [0.2, 0.25) is 11.8 Å². The van der Waals surface area contributed by atoms with Crippen LogP contribution in [0, 0.1) is 0 Å². The minimum atomic E-state index is -0.144. The molecule has 1 aliphatic heterocycles. The molecule has 0 aromatic rings. The van der Waals surface area contributed by atoms with Crippen molar-refractivity contribution in [1.29, 1.82) is 0 Å². The Morgan fingerprint density at radius 3 is 1.82 bits per heavy atom. The van der Waals surface area contributed by atoms with Crippen molar-refractivity contribution in [2.24, 2.45) is 0 Å². The lowest BCUT2D eigenvalue weighted by Gasteiger charge is -2.45. The first-order chi connectivity index (χ1) is 9.95. The van der Waals surface area contributed by atoms with Crippen LogP contribution in [0.15, 0.2) is 0 Å². The third-order valence-electron chi connectivity index (χ3n) is 4.72. The van der Waals surface area contributed by atoms with E-state index >= 15 is 0 Å². The van der Waals surface area contributed by atoms with E-state index in [9.17, 15) is 9.59 Å². The van der Waals surface area contributed by atoms with Gasteiger partial charge in [0.05, 0.1) is 0 Å². The van der Waals surface area contributed by atoms with Crippen molar-refractivity contribution in [2.75, 3.05) is 32.7 Å². The Bertz CT molecular complexity index is 405. The van der Waals surface area contributed by atoms with E-state index in [1.54, 1.807) is 13.8 Å². The van der Waals surface area contributed by atoms with Crippen molar-refractivity contribution in [2.45, 2.75) is 66.0 Å². The summed E-state index contributed by atoms with van der Waals surface area (Å²) in [6, 6.07) is 0. The van der Waals surface area contributed by atoms with Crippen LogP contribution in [0.5, 0.6) is 0 Å². The van der Waals surface area contributed by atoms with Crippen molar-refractivity contribution in [1.82, 2.24) is 14.7 Å². The molecule has 0 spiro atoms. The predicted molar refractivity (Wildman–Crippen MR) is 89.7 cm³/mol. The molecule has 1 heterocycles. The Hall–Kier alpha value is -1.10. The van der Waals surface area contributed by atoms with Crippen LogP contribution in [-0.4, -0.2) is 70.3 Å². The first-order valence-corrected chi connectivity index (χ1v) is 8.24. The molecule has 0 aromatic heterocycles. The average Bonchev–Trinajstić information content (AvgIpc) is 2.36. The predicted octanol–water partition coefficient (Wildman–Crippen LogP) is 1.97. The van der Waals surface area contributed by atoms with Crippen LogP contribution in [-0.2, 0) is 9.59 Å². The van der Waals surface area contributed by atoms with Gasteiger partial charge in [0.1, 0.15) is 0 Å². The maximum Gasteiger partial charge on any atom is 0.219 e. The Morgan fingerprint density at radius 2 is 1.45 bits per heavy atom. The standard InChI is InChI=1S/C17H33N3O2/c1-14(21)18-10-12-19(13-11-18)17(6,7)8-9-20(15(2)22)16(3,4)5/h8-13H2,1-7H3. The molecule has 5 nitrogen and oxygen atoms in total. The van der Waals surface area contributed by atoms with E-state index < -0.39 is 0 Å². The van der Waals surface area contributed by atoms with E-state index in [1.165, 1.54) is 0 Å². The minimum absolute atomic E-state index is 0.0296. The zero-order valence-corrected chi connectivity index (χ0v) is 15.4. The van der Waals surface area contributed by atoms with Gasteiger partial charge in [-0.3, -0.25) is 14.5 Å².